The van der Waals surface area contributed by atoms with Gasteiger partial charge in [-0.05, 0) is 73.5 Å². The molecule has 0 saturated carbocycles. The molecule has 1 unspecified atom stereocenters. The first kappa shape index (κ1) is 24.5. The van der Waals surface area contributed by atoms with Crippen molar-refractivity contribution in [2.24, 2.45) is 0 Å². The second-order valence-corrected chi connectivity index (χ2v) is 8.22. The Balaban J connectivity index is 1.92. The van der Waals surface area contributed by atoms with E-state index in [1.807, 2.05) is 0 Å². The maximum absolute atomic E-state index is 13.3. The molecule has 1 saturated heterocycles. The van der Waals surface area contributed by atoms with Crippen LogP contribution in [0.15, 0.2) is 72.3 Å². The number of esters is 1. The summed E-state index contributed by atoms with van der Waals surface area (Å²) in [6.45, 7) is 3.66. The molecule has 1 fully saturated rings. The van der Waals surface area contributed by atoms with Crippen LogP contribution in [0.3, 0.4) is 0 Å². The molecule has 1 atom stereocenters. The number of benzene rings is 3. The Bertz CT molecular complexity index is 1390. The summed E-state index contributed by atoms with van der Waals surface area (Å²) >= 11 is 0. The smallest absolute Gasteiger partial charge is 0.338 e. The molecule has 1 aliphatic heterocycles. The number of hydrogen-bond donors (Lipinski definition) is 2. The zero-order valence-corrected chi connectivity index (χ0v) is 20.0. The number of aliphatic hydroxyl groups is 1. The zero-order valence-electron chi connectivity index (χ0n) is 20.0. The number of hydrogen-bond acceptors (Lipinski definition) is 7. The van der Waals surface area contributed by atoms with E-state index in [-0.39, 0.29) is 34.9 Å². The number of phenols is 1. The first-order valence-electron chi connectivity index (χ1n) is 11.3. The average Bonchev–Trinajstić information content (AvgIpc) is 3.14. The second kappa shape index (κ2) is 9.95. The summed E-state index contributed by atoms with van der Waals surface area (Å²) in [7, 11) is 1.53. The van der Waals surface area contributed by atoms with Gasteiger partial charge in [-0.1, -0.05) is 18.2 Å². The van der Waals surface area contributed by atoms with E-state index in [0.29, 0.717) is 16.9 Å². The van der Waals surface area contributed by atoms with Crippen molar-refractivity contribution in [3.8, 4) is 11.5 Å². The Hall–Kier alpha value is -4.59. The number of carbonyl (C=O) groups excluding carboxylic acids is 3. The molecule has 3 aromatic rings. The Morgan fingerprint density at radius 1 is 1.00 bits per heavy atom. The lowest BCUT2D eigenvalue weighted by atomic mass is 9.94. The minimum Gasteiger partial charge on any atom is -0.508 e. The summed E-state index contributed by atoms with van der Waals surface area (Å²) < 4.78 is 10.3. The third kappa shape index (κ3) is 4.40. The quantitative estimate of drug-likeness (QED) is 0.228. The van der Waals surface area contributed by atoms with Crippen molar-refractivity contribution in [2.75, 3.05) is 18.6 Å². The Kier molecular flexibility index (Phi) is 6.78. The highest BCUT2D eigenvalue weighted by Gasteiger charge is 2.47. The lowest BCUT2D eigenvalue weighted by Gasteiger charge is -2.26. The highest BCUT2D eigenvalue weighted by atomic mass is 16.5. The number of Topliss-reactive ketones (excluding diaryl/α,β-unsaturated/α-hetero) is 1. The molecule has 0 spiro atoms. The molecule has 0 radical (unpaired) electrons. The monoisotopic (exact) mass is 487 g/mol. The van der Waals surface area contributed by atoms with E-state index in [9.17, 15) is 24.6 Å². The van der Waals surface area contributed by atoms with Crippen molar-refractivity contribution in [3.05, 3.63) is 94.6 Å². The van der Waals surface area contributed by atoms with Gasteiger partial charge in [-0.3, -0.25) is 14.5 Å². The summed E-state index contributed by atoms with van der Waals surface area (Å²) in [5.74, 6) is -2.17. The number of methoxy groups -OCH3 is 1. The van der Waals surface area contributed by atoms with E-state index in [0.717, 1.165) is 5.56 Å². The first-order valence-corrected chi connectivity index (χ1v) is 11.3. The molecule has 3 aromatic carbocycles. The Morgan fingerprint density at radius 3 is 2.42 bits per heavy atom. The van der Waals surface area contributed by atoms with Crippen molar-refractivity contribution in [3.63, 3.8) is 0 Å². The van der Waals surface area contributed by atoms with Crippen LogP contribution in [0.4, 0.5) is 5.69 Å². The SMILES string of the molecule is CCOC(=O)c1cccc(N2C(=O)C(=O)/C(=C(/O)c3ccc(OC)c(C)c3)C2c2cccc(O)c2)c1. The lowest BCUT2D eigenvalue weighted by Crippen LogP contribution is -2.29. The summed E-state index contributed by atoms with van der Waals surface area (Å²) in [6, 6.07) is 16.1. The maximum Gasteiger partial charge on any atom is 0.338 e. The van der Waals surface area contributed by atoms with Gasteiger partial charge in [0.05, 0.1) is 30.9 Å². The fourth-order valence-electron chi connectivity index (χ4n) is 4.29. The summed E-state index contributed by atoms with van der Waals surface area (Å²) in [5, 5.41) is 21.4. The second-order valence-electron chi connectivity index (χ2n) is 8.22. The molecule has 8 nitrogen and oxygen atoms in total. The van der Waals surface area contributed by atoms with Gasteiger partial charge in [-0.2, -0.15) is 0 Å². The van der Waals surface area contributed by atoms with E-state index < -0.39 is 23.7 Å². The number of ether oxygens (including phenoxy) is 2. The van der Waals surface area contributed by atoms with Crippen LogP contribution in [0.25, 0.3) is 5.76 Å². The predicted octanol–water partition coefficient (Wildman–Crippen LogP) is 4.51. The molecule has 0 aromatic heterocycles. The molecule has 1 heterocycles. The number of ketones is 1. The van der Waals surface area contributed by atoms with Crippen molar-refractivity contribution in [2.45, 2.75) is 19.9 Å². The average molecular weight is 488 g/mol. The summed E-state index contributed by atoms with van der Waals surface area (Å²) in [4.78, 5) is 40.2. The van der Waals surface area contributed by atoms with E-state index in [1.54, 1.807) is 62.4 Å². The summed E-state index contributed by atoms with van der Waals surface area (Å²) in [6.07, 6.45) is 0. The van der Waals surface area contributed by atoms with Gasteiger partial charge in [0.25, 0.3) is 11.7 Å². The third-order valence-electron chi connectivity index (χ3n) is 5.93. The normalized spacial score (nSPS) is 16.8. The molecule has 4 rings (SSSR count). The molecular formula is C28H25NO7. The molecule has 1 aliphatic rings. The van der Waals surface area contributed by atoms with Crippen LogP contribution in [0, 0.1) is 6.92 Å². The molecule has 0 bridgehead atoms. The number of amides is 1. The van der Waals surface area contributed by atoms with Gasteiger partial charge in [0.15, 0.2) is 0 Å². The maximum atomic E-state index is 13.3. The molecule has 36 heavy (non-hydrogen) atoms. The summed E-state index contributed by atoms with van der Waals surface area (Å²) in [5.41, 5.74) is 1.79. The number of aliphatic hydroxyl groups excluding tert-OH is 1. The minimum absolute atomic E-state index is 0.0707. The highest BCUT2D eigenvalue weighted by molar-refractivity contribution is 6.51. The van der Waals surface area contributed by atoms with Crippen LogP contribution < -0.4 is 9.64 Å². The van der Waals surface area contributed by atoms with Crippen molar-refractivity contribution < 1.29 is 34.1 Å². The predicted molar refractivity (Wildman–Crippen MR) is 133 cm³/mol. The van der Waals surface area contributed by atoms with Crippen LogP contribution in [-0.2, 0) is 14.3 Å². The van der Waals surface area contributed by atoms with Crippen molar-refractivity contribution in [1.29, 1.82) is 0 Å². The molecule has 2 N–H and O–H groups in total. The van der Waals surface area contributed by atoms with Gasteiger partial charge < -0.3 is 19.7 Å². The zero-order chi connectivity index (χ0) is 26.0. The van der Waals surface area contributed by atoms with Gasteiger partial charge in [0, 0.05) is 11.3 Å². The van der Waals surface area contributed by atoms with E-state index in [2.05, 4.69) is 0 Å². The number of aromatic hydroxyl groups is 1. The number of nitrogens with zero attached hydrogens (tertiary/aromatic N) is 1. The van der Waals surface area contributed by atoms with Crippen LogP contribution in [0.5, 0.6) is 11.5 Å². The van der Waals surface area contributed by atoms with Crippen molar-refractivity contribution >= 4 is 29.1 Å². The minimum atomic E-state index is -1.06. The Morgan fingerprint density at radius 2 is 1.75 bits per heavy atom. The molecule has 184 valence electrons. The fraction of sp³-hybridized carbons (Fsp3) is 0.179. The number of aryl methyl sites for hydroxylation is 1. The largest absolute Gasteiger partial charge is 0.508 e. The van der Waals surface area contributed by atoms with Crippen molar-refractivity contribution in [1.82, 2.24) is 0 Å². The van der Waals surface area contributed by atoms with E-state index in [4.69, 9.17) is 9.47 Å². The first-order chi connectivity index (χ1) is 17.3. The standard InChI is InChI=1S/C28H25NO7/c1-4-36-28(34)19-8-5-9-20(14-19)29-24(17-7-6-10-21(30)15-17)23(26(32)27(29)33)25(31)18-11-12-22(35-3)16(2)13-18/h5-15,24,30-31H,4H2,1-3H3/b25-23+. The fourth-order valence-corrected chi connectivity index (χ4v) is 4.29. The number of rotatable bonds is 6. The van der Waals surface area contributed by atoms with Gasteiger partial charge in [-0.15, -0.1) is 0 Å². The van der Waals surface area contributed by atoms with Crippen LogP contribution in [-0.4, -0.2) is 41.6 Å². The molecule has 0 aliphatic carbocycles. The van der Waals surface area contributed by atoms with Crippen LogP contribution in [0.2, 0.25) is 0 Å². The van der Waals surface area contributed by atoms with Gasteiger partial charge in [-0.25, -0.2) is 4.79 Å². The number of carbonyl (C=O) groups is 3. The molecule has 1 amide bonds. The molecule has 8 heteroatoms. The Labute approximate surface area is 208 Å². The van der Waals surface area contributed by atoms with Crippen LogP contribution in [0.1, 0.15) is 40.0 Å². The van der Waals surface area contributed by atoms with E-state index in [1.165, 1.54) is 30.2 Å². The topological polar surface area (TPSA) is 113 Å². The van der Waals surface area contributed by atoms with Gasteiger partial charge in [0.2, 0.25) is 0 Å². The van der Waals surface area contributed by atoms with Crippen LogP contribution >= 0.6 is 0 Å². The number of phenolic OH excluding ortho intramolecular Hbond substituents is 1. The third-order valence-corrected chi connectivity index (χ3v) is 5.93. The van der Waals surface area contributed by atoms with Gasteiger partial charge >= 0.3 is 5.97 Å². The lowest BCUT2D eigenvalue weighted by molar-refractivity contribution is -0.132. The highest BCUT2D eigenvalue weighted by Crippen LogP contribution is 2.43. The van der Waals surface area contributed by atoms with E-state index >= 15 is 0 Å². The molecular weight excluding hydrogens is 462 g/mol. The number of anilines is 1. The van der Waals surface area contributed by atoms with Gasteiger partial charge in [0.1, 0.15) is 17.3 Å².